The van der Waals surface area contributed by atoms with Gasteiger partial charge in [-0.25, -0.2) is 0 Å². The zero-order valence-corrected chi connectivity index (χ0v) is 11.5. The number of benzene rings is 1. The summed E-state index contributed by atoms with van der Waals surface area (Å²) in [5.74, 6) is 1.54. The molecule has 0 aliphatic heterocycles. The molecular weight excluding hydrogens is 271 g/mol. The summed E-state index contributed by atoms with van der Waals surface area (Å²) in [6.45, 7) is 4.24. The van der Waals surface area contributed by atoms with E-state index in [2.05, 4.69) is 30.1 Å². The lowest BCUT2D eigenvalue weighted by Gasteiger charge is -2.10. The van der Waals surface area contributed by atoms with Gasteiger partial charge in [0.2, 0.25) is 0 Å². The van der Waals surface area contributed by atoms with Gasteiger partial charge in [-0.1, -0.05) is 49.2 Å². The van der Waals surface area contributed by atoms with Gasteiger partial charge in [-0.3, -0.25) is 0 Å². The molecule has 0 aliphatic rings. The van der Waals surface area contributed by atoms with Crippen molar-refractivity contribution in [3.8, 4) is 11.5 Å². The zero-order valence-electron chi connectivity index (χ0n) is 10.0. The Bertz CT molecular complexity index is 558. The maximum absolute atomic E-state index is 5.89. The maximum Gasteiger partial charge on any atom is 0.194 e. The lowest BCUT2D eigenvalue weighted by Crippen LogP contribution is -1.92. The lowest BCUT2D eigenvalue weighted by atomic mass is 10.0. The Labute approximate surface area is 116 Å². The number of halogens is 2. The predicted molar refractivity (Wildman–Crippen MR) is 72.7 cm³/mol. The SMILES string of the molecule is CC(C)c1cccc(Oc2cc(Cl)nnc2Cl)c1. The summed E-state index contributed by atoms with van der Waals surface area (Å²) in [7, 11) is 0. The molecule has 0 saturated heterocycles. The maximum atomic E-state index is 5.89. The van der Waals surface area contributed by atoms with Crippen molar-refractivity contribution < 1.29 is 4.74 Å². The summed E-state index contributed by atoms with van der Waals surface area (Å²) >= 11 is 11.6. The van der Waals surface area contributed by atoms with Gasteiger partial charge in [-0.15, -0.1) is 10.2 Å². The molecule has 0 amide bonds. The van der Waals surface area contributed by atoms with Gasteiger partial charge >= 0.3 is 0 Å². The van der Waals surface area contributed by atoms with Crippen molar-refractivity contribution in [1.82, 2.24) is 10.2 Å². The fraction of sp³-hybridized carbons (Fsp3) is 0.231. The Morgan fingerprint density at radius 1 is 1.11 bits per heavy atom. The van der Waals surface area contributed by atoms with Crippen molar-refractivity contribution >= 4 is 23.2 Å². The molecule has 0 atom stereocenters. The van der Waals surface area contributed by atoms with Crippen LogP contribution in [-0.2, 0) is 0 Å². The molecule has 0 fully saturated rings. The van der Waals surface area contributed by atoms with Crippen LogP contribution in [0.2, 0.25) is 10.3 Å². The average molecular weight is 283 g/mol. The second-order valence-electron chi connectivity index (χ2n) is 4.15. The summed E-state index contributed by atoms with van der Waals surface area (Å²) in [5.41, 5.74) is 1.19. The molecule has 3 nitrogen and oxygen atoms in total. The fourth-order valence-corrected chi connectivity index (χ4v) is 1.74. The molecular formula is C13H12Cl2N2O. The van der Waals surface area contributed by atoms with Gasteiger partial charge in [0.1, 0.15) is 5.75 Å². The molecule has 0 aliphatic carbocycles. The van der Waals surface area contributed by atoms with Crippen LogP contribution in [0.1, 0.15) is 25.3 Å². The van der Waals surface area contributed by atoms with E-state index in [1.165, 1.54) is 5.56 Å². The second kappa shape index (κ2) is 5.55. The van der Waals surface area contributed by atoms with Crippen LogP contribution >= 0.6 is 23.2 Å². The molecule has 0 unspecified atom stereocenters. The molecule has 5 heteroatoms. The number of hydrogen-bond acceptors (Lipinski definition) is 3. The second-order valence-corrected chi connectivity index (χ2v) is 4.90. The van der Waals surface area contributed by atoms with E-state index >= 15 is 0 Å². The lowest BCUT2D eigenvalue weighted by molar-refractivity contribution is 0.477. The number of nitrogens with zero attached hydrogens (tertiary/aromatic N) is 2. The normalized spacial score (nSPS) is 10.7. The first-order valence-electron chi connectivity index (χ1n) is 5.53. The van der Waals surface area contributed by atoms with Crippen LogP contribution in [0.3, 0.4) is 0 Å². The van der Waals surface area contributed by atoms with Gasteiger partial charge in [-0.05, 0) is 23.6 Å². The summed E-state index contributed by atoms with van der Waals surface area (Å²) in [6.07, 6.45) is 0. The van der Waals surface area contributed by atoms with Crippen LogP contribution < -0.4 is 4.74 Å². The summed E-state index contributed by atoms with van der Waals surface area (Å²) in [6, 6.07) is 9.36. The van der Waals surface area contributed by atoms with E-state index < -0.39 is 0 Å². The van der Waals surface area contributed by atoms with Gasteiger partial charge in [0.05, 0.1) is 0 Å². The molecule has 94 valence electrons. The van der Waals surface area contributed by atoms with Crippen LogP contribution in [0.15, 0.2) is 30.3 Å². The van der Waals surface area contributed by atoms with Crippen molar-refractivity contribution in [2.24, 2.45) is 0 Å². The monoisotopic (exact) mass is 282 g/mol. The standard InChI is InChI=1S/C13H12Cl2N2O/c1-8(2)9-4-3-5-10(6-9)18-11-7-12(14)16-17-13(11)15/h3-8H,1-2H3. The predicted octanol–water partition coefficient (Wildman–Crippen LogP) is 4.70. The van der Waals surface area contributed by atoms with Crippen molar-refractivity contribution in [1.29, 1.82) is 0 Å². The van der Waals surface area contributed by atoms with Crippen LogP contribution in [-0.4, -0.2) is 10.2 Å². The molecule has 0 spiro atoms. The number of rotatable bonds is 3. The minimum Gasteiger partial charge on any atom is -0.454 e. The molecule has 2 rings (SSSR count). The Balaban J connectivity index is 2.28. The summed E-state index contributed by atoms with van der Waals surface area (Å²) in [4.78, 5) is 0. The van der Waals surface area contributed by atoms with E-state index in [9.17, 15) is 0 Å². The molecule has 2 aromatic rings. The van der Waals surface area contributed by atoms with Crippen LogP contribution in [0.5, 0.6) is 11.5 Å². The minimum absolute atomic E-state index is 0.189. The summed E-state index contributed by atoms with van der Waals surface area (Å²) < 4.78 is 5.66. The highest BCUT2D eigenvalue weighted by atomic mass is 35.5. The molecule has 0 radical (unpaired) electrons. The van der Waals surface area contributed by atoms with E-state index in [1.54, 1.807) is 6.07 Å². The molecule has 18 heavy (non-hydrogen) atoms. The molecule has 0 bridgehead atoms. The molecule has 1 aromatic carbocycles. The quantitative estimate of drug-likeness (QED) is 0.819. The van der Waals surface area contributed by atoms with Crippen LogP contribution in [0.25, 0.3) is 0 Å². The van der Waals surface area contributed by atoms with Crippen molar-refractivity contribution in [3.05, 3.63) is 46.2 Å². The smallest absolute Gasteiger partial charge is 0.194 e. The van der Waals surface area contributed by atoms with Gasteiger partial charge in [0.15, 0.2) is 16.1 Å². The van der Waals surface area contributed by atoms with E-state index in [-0.39, 0.29) is 10.3 Å². The largest absolute Gasteiger partial charge is 0.454 e. The van der Waals surface area contributed by atoms with Gasteiger partial charge < -0.3 is 4.74 Å². The van der Waals surface area contributed by atoms with E-state index in [0.717, 1.165) is 0 Å². The number of hydrogen-bond donors (Lipinski definition) is 0. The first kappa shape index (κ1) is 13.1. The first-order valence-corrected chi connectivity index (χ1v) is 6.28. The summed E-state index contributed by atoms with van der Waals surface area (Å²) in [5, 5.41) is 7.76. The molecule has 0 N–H and O–H groups in total. The van der Waals surface area contributed by atoms with Crippen molar-refractivity contribution in [3.63, 3.8) is 0 Å². The van der Waals surface area contributed by atoms with E-state index in [4.69, 9.17) is 27.9 Å². The van der Waals surface area contributed by atoms with Crippen molar-refractivity contribution in [2.75, 3.05) is 0 Å². The highest BCUT2D eigenvalue weighted by Gasteiger charge is 2.08. The van der Waals surface area contributed by atoms with Gasteiger partial charge in [-0.2, -0.15) is 0 Å². The molecule has 1 aromatic heterocycles. The Morgan fingerprint density at radius 3 is 2.61 bits per heavy atom. The molecule has 0 saturated carbocycles. The minimum atomic E-state index is 0.189. The fourth-order valence-electron chi connectivity index (χ4n) is 1.47. The third-order valence-corrected chi connectivity index (χ3v) is 2.89. The van der Waals surface area contributed by atoms with Crippen LogP contribution in [0.4, 0.5) is 0 Å². The van der Waals surface area contributed by atoms with Crippen molar-refractivity contribution in [2.45, 2.75) is 19.8 Å². The number of ether oxygens (including phenoxy) is 1. The van der Waals surface area contributed by atoms with Gasteiger partial charge in [0, 0.05) is 6.07 Å². The third kappa shape index (κ3) is 3.12. The van der Waals surface area contributed by atoms with E-state index in [0.29, 0.717) is 17.4 Å². The highest BCUT2D eigenvalue weighted by molar-refractivity contribution is 6.32. The number of aromatic nitrogens is 2. The van der Waals surface area contributed by atoms with Crippen LogP contribution in [0, 0.1) is 0 Å². The zero-order chi connectivity index (χ0) is 13.1. The molecule has 1 heterocycles. The average Bonchev–Trinajstić information content (AvgIpc) is 2.34. The highest BCUT2D eigenvalue weighted by Crippen LogP contribution is 2.30. The van der Waals surface area contributed by atoms with Gasteiger partial charge in [0.25, 0.3) is 0 Å². The Hall–Kier alpha value is -1.32. The Kier molecular flexibility index (Phi) is 4.04. The first-order chi connectivity index (χ1) is 8.56. The Morgan fingerprint density at radius 2 is 1.89 bits per heavy atom. The third-order valence-electron chi connectivity index (χ3n) is 2.44. The van der Waals surface area contributed by atoms with E-state index in [1.807, 2.05) is 18.2 Å². The topological polar surface area (TPSA) is 35.0 Å².